The van der Waals surface area contributed by atoms with E-state index in [1.54, 1.807) is 19.2 Å². The molecule has 0 saturated carbocycles. The van der Waals surface area contributed by atoms with Gasteiger partial charge in [0.05, 0.1) is 51.8 Å². The van der Waals surface area contributed by atoms with E-state index in [2.05, 4.69) is 0 Å². The van der Waals surface area contributed by atoms with Crippen LogP contribution in [0.25, 0.3) is 0 Å². The molecule has 0 amide bonds. The molecule has 0 bridgehead atoms. The van der Waals surface area contributed by atoms with Crippen LogP contribution in [0.4, 0.5) is 0 Å². The third kappa shape index (κ3) is 10.3. The lowest BCUT2D eigenvalue weighted by molar-refractivity contribution is 0.00305. The summed E-state index contributed by atoms with van der Waals surface area (Å²) in [7, 11) is 1.65. The molecular weight excluding hydrogens is 312 g/mol. The number of benzene rings is 1. The maximum atomic E-state index is 10.8. The number of methoxy groups -OCH3 is 1. The van der Waals surface area contributed by atoms with Crippen molar-refractivity contribution in [3.63, 3.8) is 0 Å². The normalized spacial score (nSPS) is 10.7. The molecule has 136 valence electrons. The summed E-state index contributed by atoms with van der Waals surface area (Å²) in [6.07, 6.45) is 2.59. The highest BCUT2D eigenvalue weighted by molar-refractivity contribution is 5.79. The van der Waals surface area contributed by atoms with Crippen LogP contribution in [-0.2, 0) is 18.9 Å². The van der Waals surface area contributed by atoms with Gasteiger partial charge < -0.3 is 23.7 Å². The summed E-state index contributed by atoms with van der Waals surface area (Å²) in [4.78, 5) is 10.8. The number of carbonyl (C=O) groups excluding carboxylic acids is 1. The van der Waals surface area contributed by atoms with Gasteiger partial charge in [-0.3, -0.25) is 4.79 Å². The van der Waals surface area contributed by atoms with E-state index >= 15 is 0 Å². The number of unbranched alkanes of at least 4 members (excludes halogenated alkanes) is 1. The van der Waals surface area contributed by atoms with Gasteiger partial charge in [-0.15, -0.1) is 0 Å². The fourth-order valence-corrected chi connectivity index (χ4v) is 1.88. The fourth-order valence-electron chi connectivity index (χ4n) is 1.88. The van der Waals surface area contributed by atoms with Gasteiger partial charge in [-0.25, -0.2) is 0 Å². The zero-order valence-corrected chi connectivity index (χ0v) is 14.4. The Bertz CT molecular complexity index is 424. The van der Waals surface area contributed by atoms with Crippen molar-refractivity contribution in [2.45, 2.75) is 12.8 Å². The summed E-state index contributed by atoms with van der Waals surface area (Å²) >= 11 is 0. The summed E-state index contributed by atoms with van der Waals surface area (Å²) in [5, 5.41) is 0. The Morgan fingerprint density at radius 1 is 0.792 bits per heavy atom. The van der Waals surface area contributed by atoms with Gasteiger partial charge in [0.25, 0.3) is 0 Å². The molecule has 0 aromatic heterocycles. The maximum Gasteiger partial charge on any atom is 0.153 e. The van der Waals surface area contributed by atoms with Gasteiger partial charge in [0.2, 0.25) is 0 Å². The van der Waals surface area contributed by atoms with Crippen molar-refractivity contribution < 1.29 is 28.5 Å². The molecule has 0 fully saturated rings. The number of carbonyl (C=O) groups is 1. The van der Waals surface area contributed by atoms with E-state index in [1.165, 1.54) is 0 Å². The topological polar surface area (TPSA) is 63.2 Å². The minimum absolute atomic E-state index is 0.566. The van der Waals surface area contributed by atoms with Crippen LogP contribution in [0.3, 0.4) is 0 Å². The molecule has 0 radical (unpaired) electrons. The van der Waals surface area contributed by atoms with Gasteiger partial charge in [0, 0.05) is 13.7 Å². The monoisotopic (exact) mass is 340 g/mol. The van der Waals surface area contributed by atoms with Crippen molar-refractivity contribution in [2.75, 3.05) is 60.0 Å². The van der Waals surface area contributed by atoms with Gasteiger partial charge in [-0.05, 0) is 25.0 Å². The molecule has 24 heavy (non-hydrogen) atoms. The molecule has 0 spiro atoms. The van der Waals surface area contributed by atoms with Crippen molar-refractivity contribution >= 4 is 6.29 Å². The van der Waals surface area contributed by atoms with Crippen LogP contribution in [0.1, 0.15) is 23.2 Å². The summed E-state index contributed by atoms with van der Waals surface area (Å²) in [6.45, 7) is 4.73. The van der Waals surface area contributed by atoms with E-state index < -0.39 is 0 Å². The van der Waals surface area contributed by atoms with Crippen molar-refractivity contribution in [3.8, 4) is 5.75 Å². The van der Waals surface area contributed by atoms with Crippen molar-refractivity contribution in [2.24, 2.45) is 0 Å². The van der Waals surface area contributed by atoms with Crippen molar-refractivity contribution in [1.82, 2.24) is 0 Å². The van der Waals surface area contributed by atoms with Crippen molar-refractivity contribution in [3.05, 3.63) is 29.8 Å². The van der Waals surface area contributed by atoms with Crippen LogP contribution >= 0.6 is 0 Å². The van der Waals surface area contributed by atoms with Gasteiger partial charge in [-0.1, -0.05) is 12.1 Å². The highest BCUT2D eigenvalue weighted by Crippen LogP contribution is 2.15. The first-order valence-electron chi connectivity index (χ1n) is 8.27. The quantitative estimate of drug-likeness (QED) is 0.340. The average molecular weight is 340 g/mol. The van der Waals surface area contributed by atoms with Crippen molar-refractivity contribution in [1.29, 1.82) is 0 Å². The highest BCUT2D eigenvalue weighted by Gasteiger charge is 2.00. The Balaban J connectivity index is 1.85. The van der Waals surface area contributed by atoms with E-state index in [1.807, 2.05) is 12.1 Å². The Labute approximate surface area is 144 Å². The first-order valence-corrected chi connectivity index (χ1v) is 8.27. The predicted octanol–water partition coefficient (Wildman–Crippen LogP) is 2.35. The molecule has 0 aliphatic carbocycles. The average Bonchev–Trinajstić information content (AvgIpc) is 2.62. The van der Waals surface area contributed by atoms with Gasteiger partial charge in [0.1, 0.15) is 5.75 Å². The smallest absolute Gasteiger partial charge is 0.153 e. The minimum atomic E-state index is 0.566. The first kappa shape index (κ1) is 20.6. The van der Waals surface area contributed by atoms with Gasteiger partial charge in [-0.2, -0.15) is 0 Å². The zero-order valence-electron chi connectivity index (χ0n) is 14.4. The lowest BCUT2D eigenvalue weighted by Crippen LogP contribution is -2.11. The van der Waals surface area contributed by atoms with E-state index in [9.17, 15) is 4.79 Å². The number of para-hydroxylation sites is 1. The second-order valence-corrected chi connectivity index (χ2v) is 5.04. The summed E-state index contributed by atoms with van der Waals surface area (Å²) in [5.74, 6) is 0.634. The Kier molecular flexibility index (Phi) is 12.9. The molecule has 6 nitrogen and oxygen atoms in total. The largest absolute Gasteiger partial charge is 0.493 e. The molecule has 0 aliphatic heterocycles. The van der Waals surface area contributed by atoms with E-state index in [0.29, 0.717) is 64.2 Å². The summed E-state index contributed by atoms with van der Waals surface area (Å²) < 4.78 is 26.6. The number of hydrogen-bond donors (Lipinski definition) is 0. The van der Waals surface area contributed by atoms with Crippen LogP contribution in [-0.4, -0.2) is 66.3 Å². The van der Waals surface area contributed by atoms with E-state index in [-0.39, 0.29) is 0 Å². The lowest BCUT2D eigenvalue weighted by Gasteiger charge is -2.08. The van der Waals surface area contributed by atoms with Crippen LogP contribution in [0, 0.1) is 0 Å². The third-order valence-corrected chi connectivity index (χ3v) is 3.16. The number of rotatable bonds is 16. The molecule has 0 atom stereocenters. The molecule has 1 aromatic rings. The summed E-state index contributed by atoms with van der Waals surface area (Å²) in [5.41, 5.74) is 0.581. The Morgan fingerprint density at radius 2 is 1.38 bits per heavy atom. The van der Waals surface area contributed by atoms with E-state index in [0.717, 1.165) is 19.1 Å². The molecule has 0 saturated heterocycles. The van der Waals surface area contributed by atoms with E-state index in [4.69, 9.17) is 23.7 Å². The Hall–Kier alpha value is -1.47. The van der Waals surface area contributed by atoms with Crippen LogP contribution in [0.2, 0.25) is 0 Å². The molecule has 1 aromatic carbocycles. The number of ether oxygens (including phenoxy) is 5. The third-order valence-electron chi connectivity index (χ3n) is 3.16. The number of hydrogen-bond acceptors (Lipinski definition) is 6. The lowest BCUT2D eigenvalue weighted by atomic mass is 10.2. The molecule has 0 aliphatic rings. The zero-order chi connectivity index (χ0) is 17.3. The standard InChI is InChI=1S/C18H28O6/c1-20-10-11-22-14-15-23-13-12-21-8-4-5-9-24-18-7-3-2-6-17(18)16-19/h2-3,6-7,16H,4-5,8-15H2,1H3. The summed E-state index contributed by atoms with van der Waals surface area (Å²) in [6, 6.07) is 7.22. The maximum absolute atomic E-state index is 10.8. The number of aldehydes is 1. The predicted molar refractivity (Wildman–Crippen MR) is 90.9 cm³/mol. The molecule has 0 heterocycles. The van der Waals surface area contributed by atoms with Crippen LogP contribution in [0.15, 0.2) is 24.3 Å². The molecule has 0 unspecified atom stereocenters. The SMILES string of the molecule is COCCOCCOCCOCCCCOc1ccccc1C=O. The fraction of sp³-hybridized carbons (Fsp3) is 0.611. The molecular formula is C18H28O6. The second kappa shape index (κ2) is 15.1. The van der Waals surface area contributed by atoms with Gasteiger partial charge >= 0.3 is 0 Å². The van der Waals surface area contributed by atoms with Crippen LogP contribution < -0.4 is 4.74 Å². The van der Waals surface area contributed by atoms with Gasteiger partial charge in [0.15, 0.2) is 6.29 Å². The first-order chi connectivity index (χ1) is 11.9. The molecule has 1 rings (SSSR count). The van der Waals surface area contributed by atoms with Crippen LogP contribution in [0.5, 0.6) is 5.75 Å². The minimum Gasteiger partial charge on any atom is -0.493 e. The Morgan fingerprint density at radius 3 is 2.04 bits per heavy atom. The molecule has 6 heteroatoms. The highest BCUT2D eigenvalue weighted by atomic mass is 16.6. The second-order valence-electron chi connectivity index (χ2n) is 5.04. The molecule has 0 N–H and O–H groups in total.